The van der Waals surface area contributed by atoms with Gasteiger partial charge in [0, 0.05) is 12.8 Å². The first-order valence-corrected chi connectivity index (χ1v) is 8.84. The van der Waals surface area contributed by atoms with Crippen molar-refractivity contribution in [3.8, 4) is 0 Å². The van der Waals surface area contributed by atoms with Crippen LogP contribution in [0.2, 0.25) is 0 Å². The SMILES string of the molecule is CC(C)(C)OC(=O)N/N=C/C1CCCCN1C(=O)OCc1ccccc1. The molecule has 1 atom stereocenters. The number of rotatable bonds is 4. The molecule has 26 heavy (non-hydrogen) atoms. The van der Waals surface area contributed by atoms with Crippen molar-refractivity contribution in [3.63, 3.8) is 0 Å². The molecule has 0 radical (unpaired) electrons. The molecule has 7 nitrogen and oxygen atoms in total. The summed E-state index contributed by atoms with van der Waals surface area (Å²) in [5.74, 6) is 0. The molecule has 1 saturated heterocycles. The Morgan fingerprint density at radius 3 is 2.69 bits per heavy atom. The number of benzene rings is 1. The van der Waals surface area contributed by atoms with E-state index in [1.54, 1.807) is 31.9 Å². The molecule has 142 valence electrons. The van der Waals surface area contributed by atoms with E-state index in [2.05, 4.69) is 10.5 Å². The van der Waals surface area contributed by atoms with Crippen molar-refractivity contribution in [2.24, 2.45) is 5.10 Å². The zero-order chi connectivity index (χ0) is 19.0. The molecule has 0 saturated carbocycles. The van der Waals surface area contributed by atoms with E-state index in [1.165, 1.54) is 0 Å². The first-order valence-electron chi connectivity index (χ1n) is 8.84. The molecule has 0 aliphatic carbocycles. The molecule has 1 heterocycles. The van der Waals surface area contributed by atoms with E-state index in [0.717, 1.165) is 24.8 Å². The van der Waals surface area contributed by atoms with Crippen LogP contribution >= 0.6 is 0 Å². The van der Waals surface area contributed by atoms with Crippen LogP contribution in [0.25, 0.3) is 0 Å². The van der Waals surface area contributed by atoms with Crippen molar-refractivity contribution in [1.29, 1.82) is 0 Å². The largest absolute Gasteiger partial charge is 0.445 e. The van der Waals surface area contributed by atoms with Gasteiger partial charge in [-0.25, -0.2) is 15.0 Å². The van der Waals surface area contributed by atoms with Crippen LogP contribution in [0.4, 0.5) is 9.59 Å². The Bertz CT molecular complexity index is 625. The third-order valence-corrected chi connectivity index (χ3v) is 3.79. The van der Waals surface area contributed by atoms with Gasteiger partial charge in [0.05, 0.1) is 6.04 Å². The molecular formula is C19H27N3O4. The van der Waals surface area contributed by atoms with Crippen LogP contribution in [0.3, 0.4) is 0 Å². The highest BCUT2D eigenvalue weighted by molar-refractivity contribution is 5.76. The summed E-state index contributed by atoms with van der Waals surface area (Å²) in [7, 11) is 0. The van der Waals surface area contributed by atoms with E-state index >= 15 is 0 Å². The predicted molar refractivity (Wildman–Crippen MR) is 98.8 cm³/mol. The van der Waals surface area contributed by atoms with Crippen LogP contribution in [0, 0.1) is 0 Å². The average Bonchev–Trinajstić information content (AvgIpc) is 2.59. The predicted octanol–water partition coefficient (Wildman–Crippen LogP) is 3.69. The smallest absolute Gasteiger partial charge is 0.428 e. The standard InChI is InChI=1S/C19H27N3O4/c1-19(2,3)26-17(23)21-20-13-16-11-7-8-12-22(16)18(24)25-14-15-9-5-4-6-10-15/h4-6,9-10,13,16H,7-8,11-12,14H2,1-3H3,(H,21,23)/b20-13+. The van der Waals surface area contributed by atoms with Crippen molar-refractivity contribution >= 4 is 18.4 Å². The number of amides is 2. The molecule has 1 aromatic carbocycles. The van der Waals surface area contributed by atoms with E-state index in [-0.39, 0.29) is 18.7 Å². The van der Waals surface area contributed by atoms with Crippen molar-refractivity contribution in [2.75, 3.05) is 6.54 Å². The molecule has 1 aliphatic rings. The summed E-state index contributed by atoms with van der Waals surface area (Å²) >= 11 is 0. The number of nitrogens with zero attached hydrogens (tertiary/aromatic N) is 2. The lowest BCUT2D eigenvalue weighted by atomic mass is 10.0. The minimum Gasteiger partial charge on any atom is -0.445 e. The maximum absolute atomic E-state index is 12.4. The minimum absolute atomic E-state index is 0.207. The lowest BCUT2D eigenvalue weighted by Gasteiger charge is -2.32. The van der Waals surface area contributed by atoms with Gasteiger partial charge in [-0.3, -0.25) is 0 Å². The van der Waals surface area contributed by atoms with Gasteiger partial charge >= 0.3 is 12.2 Å². The number of nitrogens with one attached hydrogen (secondary N) is 1. The Labute approximate surface area is 154 Å². The average molecular weight is 361 g/mol. The van der Waals surface area contributed by atoms with Crippen LogP contribution in [0.1, 0.15) is 45.6 Å². The number of hydrogen-bond acceptors (Lipinski definition) is 5. The second-order valence-corrected chi connectivity index (χ2v) is 7.19. The monoisotopic (exact) mass is 361 g/mol. The molecular weight excluding hydrogens is 334 g/mol. The van der Waals surface area contributed by atoms with Crippen molar-refractivity contribution < 1.29 is 19.1 Å². The van der Waals surface area contributed by atoms with Crippen LogP contribution in [0.15, 0.2) is 35.4 Å². The lowest BCUT2D eigenvalue weighted by Crippen LogP contribution is -2.45. The Morgan fingerprint density at radius 1 is 1.27 bits per heavy atom. The fraction of sp³-hybridized carbons (Fsp3) is 0.526. The van der Waals surface area contributed by atoms with Gasteiger partial charge in [-0.2, -0.15) is 5.10 Å². The highest BCUT2D eigenvalue weighted by Gasteiger charge is 2.27. The van der Waals surface area contributed by atoms with E-state index < -0.39 is 11.7 Å². The Balaban J connectivity index is 1.86. The van der Waals surface area contributed by atoms with Crippen LogP contribution in [-0.4, -0.2) is 41.5 Å². The molecule has 0 spiro atoms. The maximum atomic E-state index is 12.4. The molecule has 2 rings (SSSR count). The van der Waals surface area contributed by atoms with Gasteiger partial charge in [0.2, 0.25) is 0 Å². The molecule has 2 amide bonds. The van der Waals surface area contributed by atoms with E-state index in [9.17, 15) is 9.59 Å². The molecule has 0 aromatic heterocycles. The molecule has 1 fully saturated rings. The number of carbonyl (C=O) groups excluding carboxylic acids is 2. The van der Waals surface area contributed by atoms with Gasteiger partial charge in [-0.05, 0) is 45.6 Å². The summed E-state index contributed by atoms with van der Waals surface area (Å²) in [5.41, 5.74) is 2.69. The van der Waals surface area contributed by atoms with Crippen LogP contribution in [-0.2, 0) is 16.1 Å². The maximum Gasteiger partial charge on any atom is 0.428 e. The zero-order valence-corrected chi connectivity index (χ0v) is 15.6. The highest BCUT2D eigenvalue weighted by Crippen LogP contribution is 2.17. The molecule has 1 unspecified atom stereocenters. The quantitative estimate of drug-likeness (QED) is 0.655. The van der Waals surface area contributed by atoms with Crippen LogP contribution in [0.5, 0.6) is 0 Å². The Hall–Kier alpha value is -2.57. The second-order valence-electron chi connectivity index (χ2n) is 7.19. The lowest BCUT2D eigenvalue weighted by molar-refractivity contribution is 0.0529. The Morgan fingerprint density at radius 2 is 2.00 bits per heavy atom. The van der Waals surface area contributed by atoms with Gasteiger partial charge < -0.3 is 14.4 Å². The minimum atomic E-state index is -0.622. The number of hydrogen-bond donors (Lipinski definition) is 1. The molecule has 7 heteroatoms. The zero-order valence-electron chi connectivity index (χ0n) is 15.6. The number of carbonyl (C=O) groups is 2. The van der Waals surface area contributed by atoms with Gasteiger partial charge in [-0.15, -0.1) is 0 Å². The van der Waals surface area contributed by atoms with Gasteiger partial charge in [0.15, 0.2) is 0 Å². The summed E-state index contributed by atoms with van der Waals surface area (Å²) in [6.07, 6.45) is 3.26. The highest BCUT2D eigenvalue weighted by atomic mass is 16.6. The fourth-order valence-corrected chi connectivity index (χ4v) is 2.62. The summed E-state index contributed by atoms with van der Waals surface area (Å²) in [5, 5.41) is 3.93. The summed E-state index contributed by atoms with van der Waals surface area (Å²) < 4.78 is 10.5. The van der Waals surface area contributed by atoms with Gasteiger partial charge in [0.1, 0.15) is 12.2 Å². The third-order valence-electron chi connectivity index (χ3n) is 3.79. The second kappa shape index (κ2) is 9.22. The summed E-state index contributed by atoms with van der Waals surface area (Å²) in [4.78, 5) is 25.7. The number of piperidine rings is 1. The van der Waals surface area contributed by atoms with Crippen molar-refractivity contribution in [3.05, 3.63) is 35.9 Å². The number of ether oxygens (including phenoxy) is 2. The first-order chi connectivity index (χ1) is 12.3. The van der Waals surface area contributed by atoms with E-state index in [1.807, 2.05) is 30.3 Å². The van der Waals surface area contributed by atoms with Crippen molar-refractivity contribution in [1.82, 2.24) is 10.3 Å². The topological polar surface area (TPSA) is 80.2 Å². The fourth-order valence-electron chi connectivity index (χ4n) is 2.62. The van der Waals surface area contributed by atoms with Gasteiger partial charge in [-0.1, -0.05) is 30.3 Å². The number of likely N-dealkylation sites (tertiary alicyclic amines) is 1. The summed E-state index contributed by atoms with van der Waals surface area (Å²) in [6, 6.07) is 9.34. The normalized spacial score (nSPS) is 17.8. The Kier molecular flexibility index (Phi) is 7.00. The molecule has 1 aromatic rings. The molecule has 1 aliphatic heterocycles. The first kappa shape index (κ1) is 19.8. The van der Waals surface area contributed by atoms with E-state index in [0.29, 0.717) is 6.54 Å². The third kappa shape index (κ3) is 6.74. The van der Waals surface area contributed by atoms with Crippen LogP contribution < -0.4 is 5.43 Å². The van der Waals surface area contributed by atoms with Gasteiger partial charge in [0.25, 0.3) is 0 Å². The molecule has 1 N–H and O–H groups in total. The van der Waals surface area contributed by atoms with E-state index in [4.69, 9.17) is 9.47 Å². The summed E-state index contributed by atoms with van der Waals surface area (Å²) in [6.45, 7) is 6.18. The number of hydrazone groups is 1. The molecule has 0 bridgehead atoms. The van der Waals surface area contributed by atoms with Crippen molar-refractivity contribution in [2.45, 2.75) is 58.3 Å².